The molecule has 90 valence electrons. The lowest BCUT2D eigenvalue weighted by Gasteiger charge is -1.99. The Morgan fingerprint density at radius 1 is 1.39 bits per heavy atom. The molecule has 0 saturated carbocycles. The maximum absolute atomic E-state index is 11.5. The van der Waals surface area contributed by atoms with Crippen LogP contribution < -0.4 is 0 Å². The second kappa shape index (κ2) is 4.72. The highest BCUT2D eigenvalue weighted by Gasteiger charge is 2.20. The number of carbonyl (C=O) groups is 1. The summed E-state index contributed by atoms with van der Waals surface area (Å²) in [6, 6.07) is 8.75. The number of benzene rings is 1. The molecule has 0 saturated heterocycles. The lowest BCUT2D eigenvalue weighted by atomic mass is 10.1. The Kier molecular flexibility index (Phi) is 3.11. The van der Waals surface area contributed by atoms with Crippen LogP contribution >= 0.6 is 0 Å². The molecule has 0 amide bonds. The first kappa shape index (κ1) is 11.9. The molecule has 0 bridgehead atoms. The predicted molar refractivity (Wildman–Crippen MR) is 62.7 cm³/mol. The van der Waals surface area contributed by atoms with Crippen LogP contribution in [0, 0.1) is 18.3 Å². The van der Waals surface area contributed by atoms with Gasteiger partial charge in [0.15, 0.2) is 5.89 Å². The average molecular weight is 242 g/mol. The van der Waals surface area contributed by atoms with Gasteiger partial charge in [-0.3, -0.25) is 0 Å². The van der Waals surface area contributed by atoms with Gasteiger partial charge in [-0.1, -0.05) is 12.1 Å². The van der Waals surface area contributed by atoms with E-state index in [1.807, 2.05) is 6.07 Å². The summed E-state index contributed by atoms with van der Waals surface area (Å²) in [5.41, 5.74) is 1.66. The molecule has 5 nitrogen and oxygen atoms in total. The zero-order chi connectivity index (χ0) is 13.1. The number of nitriles is 1. The van der Waals surface area contributed by atoms with E-state index in [0.29, 0.717) is 22.7 Å². The molecule has 5 heteroatoms. The van der Waals surface area contributed by atoms with Gasteiger partial charge in [-0.2, -0.15) is 5.26 Å². The number of nitrogens with zero attached hydrogens (tertiary/aromatic N) is 2. The Morgan fingerprint density at radius 2 is 2.06 bits per heavy atom. The molecule has 0 aliphatic rings. The van der Waals surface area contributed by atoms with Gasteiger partial charge in [-0.25, -0.2) is 9.78 Å². The molecule has 0 atom stereocenters. The maximum atomic E-state index is 11.5. The van der Waals surface area contributed by atoms with E-state index in [-0.39, 0.29) is 5.76 Å². The molecule has 0 fully saturated rings. The second-order valence-corrected chi connectivity index (χ2v) is 3.59. The molecule has 0 spiro atoms. The fraction of sp³-hybridized carbons (Fsp3) is 0.154. The summed E-state index contributed by atoms with van der Waals surface area (Å²) in [6.07, 6.45) is 0. The number of aryl methyl sites for hydroxylation is 1. The van der Waals surface area contributed by atoms with Crippen molar-refractivity contribution in [2.24, 2.45) is 0 Å². The van der Waals surface area contributed by atoms with Crippen molar-refractivity contribution in [1.82, 2.24) is 4.98 Å². The van der Waals surface area contributed by atoms with Gasteiger partial charge in [-0.15, -0.1) is 0 Å². The van der Waals surface area contributed by atoms with Gasteiger partial charge in [0.05, 0.1) is 18.7 Å². The molecule has 2 aromatic rings. The molecule has 1 heterocycles. The second-order valence-electron chi connectivity index (χ2n) is 3.59. The Hall–Kier alpha value is -2.61. The Bertz CT molecular complexity index is 621. The molecule has 0 unspecified atom stereocenters. The zero-order valence-electron chi connectivity index (χ0n) is 9.93. The van der Waals surface area contributed by atoms with Gasteiger partial charge in [0.25, 0.3) is 0 Å². The number of carbonyl (C=O) groups excluding carboxylic acids is 1. The zero-order valence-corrected chi connectivity index (χ0v) is 9.93. The molecule has 1 aromatic carbocycles. The first-order chi connectivity index (χ1) is 8.65. The number of esters is 1. The molecule has 0 aliphatic heterocycles. The molecule has 2 rings (SSSR count). The number of hydrogen-bond acceptors (Lipinski definition) is 5. The summed E-state index contributed by atoms with van der Waals surface area (Å²) < 4.78 is 9.86. The molecule has 1 aromatic heterocycles. The summed E-state index contributed by atoms with van der Waals surface area (Å²) in [5.74, 6) is -0.121. The third-order valence-electron chi connectivity index (χ3n) is 2.39. The highest BCUT2D eigenvalue weighted by Crippen LogP contribution is 2.24. The molecule has 0 N–H and O–H groups in total. The number of ether oxygens (including phenoxy) is 1. The minimum Gasteiger partial charge on any atom is -0.463 e. The highest BCUT2D eigenvalue weighted by molar-refractivity contribution is 5.93. The van der Waals surface area contributed by atoms with Crippen molar-refractivity contribution in [1.29, 1.82) is 5.26 Å². The number of rotatable bonds is 2. The Morgan fingerprint density at radius 3 is 2.61 bits per heavy atom. The van der Waals surface area contributed by atoms with Gasteiger partial charge in [-0.05, 0) is 12.1 Å². The van der Waals surface area contributed by atoms with Crippen LogP contribution in [0.25, 0.3) is 11.3 Å². The summed E-state index contributed by atoms with van der Waals surface area (Å²) in [7, 11) is 1.28. The molecule has 0 aliphatic carbocycles. The van der Waals surface area contributed by atoms with E-state index in [4.69, 9.17) is 9.68 Å². The lowest BCUT2D eigenvalue weighted by Crippen LogP contribution is -2.01. The van der Waals surface area contributed by atoms with Crippen molar-refractivity contribution in [3.05, 3.63) is 41.5 Å². The van der Waals surface area contributed by atoms with E-state index >= 15 is 0 Å². The topological polar surface area (TPSA) is 76.1 Å². The van der Waals surface area contributed by atoms with Crippen molar-refractivity contribution < 1.29 is 13.9 Å². The minimum absolute atomic E-state index is 0.0692. The third kappa shape index (κ3) is 2.09. The standard InChI is InChI=1S/C13H10N2O3/c1-8-15-11(12(18-8)13(16)17-2)10-5-3-9(7-14)4-6-10/h3-6H,1-2H3. The first-order valence-electron chi connectivity index (χ1n) is 5.22. The van der Waals surface area contributed by atoms with Gasteiger partial charge in [0, 0.05) is 12.5 Å². The Labute approximate surface area is 104 Å². The largest absolute Gasteiger partial charge is 0.463 e. The number of aromatic nitrogens is 1. The SMILES string of the molecule is COC(=O)c1oc(C)nc1-c1ccc(C#N)cc1. The van der Waals surface area contributed by atoms with Crippen LogP contribution in [-0.2, 0) is 4.74 Å². The quantitative estimate of drug-likeness (QED) is 0.755. The molecular weight excluding hydrogens is 232 g/mol. The van der Waals surface area contributed by atoms with Gasteiger partial charge >= 0.3 is 5.97 Å². The van der Waals surface area contributed by atoms with E-state index < -0.39 is 5.97 Å². The number of hydrogen-bond donors (Lipinski definition) is 0. The fourth-order valence-corrected chi connectivity index (χ4v) is 1.56. The highest BCUT2D eigenvalue weighted by atomic mass is 16.5. The van der Waals surface area contributed by atoms with Crippen LogP contribution in [0.2, 0.25) is 0 Å². The smallest absolute Gasteiger partial charge is 0.376 e. The van der Waals surface area contributed by atoms with Gasteiger partial charge in [0.2, 0.25) is 5.76 Å². The van der Waals surface area contributed by atoms with Crippen molar-refractivity contribution in [3.8, 4) is 17.3 Å². The Balaban J connectivity index is 2.49. The molecular formula is C13H10N2O3. The van der Waals surface area contributed by atoms with Gasteiger partial charge in [0.1, 0.15) is 5.69 Å². The molecule has 18 heavy (non-hydrogen) atoms. The number of methoxy groups -OCH3 is 1. The first-order valence-corrected chi connectivity index (χ1v) is 5.22. The van der Waals surface area contributed by atoms with Crippen molar-refractivity contribution in [2.45, 2.75) is 6.92 Å². The lowest BCUT2D eigenvalue weighted by molar-refractivity contribution is 0.0565. The van der Waals surface area contributed by atoms with Crippen molar-refractivity contribution in [3.63, 3.8) is 0 Å². The van der Waals surface area contributed by atoms with Crippen molar-refractivity contribution >= 4 is 5.97 Å². The average Bonchev–Trinajstić information content (AvgIpc) is 2.80. The van der Waals surface area contributed by atoms with E-state index in [2.05, 4.69) is 9.72 Å². The van der Waals surface area contributed by atoms with Crippen LogP contribution in [0.15, 0.2) is 28.7 Å². The van der Waals surface area contributed by atoms with Crippen LogP contribution in [0.5, 0.6) is 0 Å². The van der Waals surface area contributed by atoms with E-state index in [1.54, 1.807) is 31.2 Å². The summed E-state index contributed by atoms with van der Waals surface area (Å²) >= 11 is 0. The molecule has 0 radical (unpaired) electrons. The number of oxazole rings is 1. The fourth-order valence-electron chi connectivity index (χ4n) is 1.56. The van der Waals surface area contributed by atoms with Crippen LogP contribution in [0.3, 0.4) is 0 Å². The summed E-state index contributed by atoms with van der Waals surface area (Å²) in [6.45, 7) is 1.65. The normalized spacial score (nSPS) is 9.83. The van der Waals surface area contributed by atoms with Crippen molar-refractivity contribution in [2.75, 3.05) is 7.11 Å². The van der Waals surface area contributed by atoms with Crippen LogP contribution in [0.1, 0.15) is 22.0 Å². The van der Waals surface area contributed by atoms with E-state index in [1.165, 1.54) is 7.11 Å². The predicted octanol–water partition coefficient (Wildman–Crippen LogP) is 2.31. The van der Waals surface area contributed by atoms with Crippen LogP contribution in [-0.4, -0.2) is 18.1 Å². The van der Waals surface area contributed by atoms with Crippen LogP contribution in [0.4, 0.5) is 0 Å². The monoisotopic (exact) mass is 242 g/mol. The maximum Gasteiger partial charge on any atom is 0.376 e. The van der Waals surface area contributed by atoms with E-state index in [9.17, 15) is 4.79 Å². The summed E-state index contributed by atoms with van der Waals surface area (Å²) in [4.78, 5) is 15.7. The van der Waals surface area contributed by atoms with Gasteiger partial charge < -0.3 is 9.15 Å². The van der Waals surface area contributed by atoms with E-state index in [0.717, 1.165) is 0 Å². The summed E-state index contributed by atoms with van der Waals surface area (Å²) in [5, 5.41) is 8.73. The third-order valence-corrected chi connectivity index (χ3v) is 2.39. The minimum atomic E-state index is -0.574.